The van der Waals surface area contributed by atoms with Crippen LogP contribution < -0.4 is 15.6 Å². The Morgan fingerprint density at radius 1 is 1.27 bits per heavy atom. The van der Waals surface area contributed by atoms with Crippen molar-refractivity contribution in [2.75, 3.05) is 6.54 Å². The topological polar surface area (TPSA) is 128 Å². The summed E-state index contributed by atoms with van der Waals surface area (Å²) in [5.41, 5.74) is -0.00639. The average Bonchev–Trinajstić information content (AvgIpc) is 3.38. The summed E-state index contributed by atoms with van der Waals surface area (Å²) in [7, 11) is 0. The normalized spacial score (nSPS) is 22.4. The summed E-state index contributed by atoms with van der Waals surface area (Å²) in [6.07, 6.45) is 8.01. The van der Waals surface area contributed by atoms with Crippen LogP contribution in [0.25, 0.3) is 0 Å². The van der Waals surface area contributed by atoms with Crippen LogP contribution >= 0.6 is 11.6 Å². The molecule has 2 amide bonds. The van der Waals surface area contributed by atoms with Crippen LogP contribution in [0.15, 0.2) is 52.3 Å². The molecule has 40 heavy (non-hydrogen) atoms. The van der Waals surface area contributed by atoms with E-state index in [1.54, 1.807) is 36.9 Å². The van der Waals surface area contributed by atoms with E-state index in [4.69, 9.17) is 16.3 Å². The van der Waals surface area contributed by atoms with E-state index in [9.17, 15) is 19.6 Å². The van der Waals surface area contributed by atoms with Gasteiger partial charge in [0.1, 0.15) is 5.75 Å². The number of carbonyl (C=O) groups is 2. The molecular formula is C30H34ClN5O4. The fourth-order valence-electron chi connectivity index (χ4n) is 5.60. The minimum absolute atomic E-state index is 0.103. The molecule has 0 saturated carbocycles. The number of ether oxygens (including phenoxy) is 1. The number of aromatic nitrogens is 2. The number of H-pyrrole nitrogens is 1. The van der Waals surface area contributed by atoms with Crippen molar-refractivity contribution in [3.63, 3.8) is 0 Å². The predicted octanol–water partition coefficient (Wildman–Crippen LogP) is 4.91. The first kappa shape index (κ1) is 29.1. The van der Waals surface area contributed by atoms with E-state index in [1.165, 1.54) is 6.07 Å². The molecule has 2 aromatic rings. The maximum atomic E-state index is 13.7. The molecule has 2 heterocycles. The number of hydrogen-bond acceptors (Lipinski definition) is 6. The Balaban J connectivity index is 1.49. The Labute approximate surface area is 238 Å². The van der Waals surface area contributed by atoms with Gasteiger partial charge in [0.15, 0.2) is 5.75 Å². The molecule has 210 valence electrons. The van der Waals surface area contributed by atoms with Gasteiger partial charge in [-0.1, -0.05) is 30.7 Å². The highest BCUT2D eigenvalue weighted by molar-refractivity contribution is 6.31. The van der Waals surface area contributed by atoms with E-state index < -0.39 is 16.9 Å². The summed E-state index contributed by atoms with van der Waals surface area (Å²) in [4.78, 5) is 40.5. The zero-order valence-electron chi connectivity index (χ0n) is 23.4. The number of amides is 2. The Morgan fingerprint density at radius 3 is 2.70 bits per heavy atom. The molecule has 1 unspecified atom stereocenters. The largest absolute Gasteiger partial charge is 0.451 e. The molecule has 2 aliphatic rings. The van der Waals surface area contributed by atoms with Gasteiger partial charge in [-0.25, -0.2) is 5.10 Å². The first-order valence-corrected chi connectivity index (χ1v) is 13.6. The second-order valence-electron chi connectivity index (χ2n) is 11.4. The van der Waals surface area contributed by atoms with Gasteiger partial charge in [-0.05, 0) is 76.8 Å². The molecule has 0 radical (unpaired) electrons. The van der Waals surface area contributed by atoms with Crippen LogP contribution in [0.1, 0.15) is 61.6 Å². The zero-order chi connectivity index (χ0) is 29.2. The van der Waals surface area contributed by atoms with Crippen molar-refractivity contribution in [1.29, 1.82) is 5.26 Å². The third-order valence-corrected chi connectivity index (χ3v) is 8.05. The Hall–Kier alpha value is -3.90. The van der Waals surface area contributed by atoms with E-state index in [-0.39, 0.29) is 35.7 Å². The van der Waals surface area contributed by atoms with Crippen LogP contribution in [0, 0.1) is 36.0 Å². The van der Waals surface area contributed by atoms with Gasteiger partial charge in [0, 0.05) is 28.1 Å². The highest BCUT2D eigenvalue weighted by Gasteiger charge is 2.50. The first-order valence-electron chi connectivity index (χ1n) is 13.2. The number of hydrogen-bond donors (Lipinski definition) is 2. The van der Waals surface area contributed by atoms with Crippen LogP contribution in [0.5, 0.6) is 11.5 Å². The summed E-state index contributed by atoms with van der Waals surface area (Å²) < 4.78 is 5.74. The van der Waals surface area contributed by atoms with Gasteiger partial charge in [0.25, 0.3) is 5.91 Å². The summed E-state index contributed by atoms with van der Waals surface area (Å²) >= 11 is 6.35. The maximum Gasteiger partial charge on any atom is 0.307 e. The second-order valence-corrected chi connectivity index (χ2v) is 11.8. The summed E-state index contributed by atoms with van der Waals surface area (Å²) in [5.74, 6) is -0.131. The van der Waals surface area contributed by atoms with Gasteiger partial charge < -0.3 is 15.0 Å². The predicted molar refractivity (Wildman–Crippen MR) is 152 cm³/mol. The van der Waals surface area contributed by atoms with Gasteiger partial charge >= 0.3 is 5.56 Å². The highest BCUT2D eigenvalue weighted by atomic mass is 35.5. The molecule has 3 atom stereocenters. The standard InChI is InChI=1S/C30H34ClN5O4/c1-18-13-20(8-9-22(18)40-23-14-19(2)34-35-28(23)39)27(38)33-16-26(37)36-24(29(3,4)17-32)10-11-25(36)30(5)12-6-7-21(31)15-30/h6-9,13-15,24-25H,10-12,16H2,1-5H3,(H,33,38)(H,35,39)/t24-,25+,30?/m1/s1. The lowest BCUT2D eigenvalue weighted by Gasteiger charge is -2.43. The number of carbonyl (C=O) groups excluding carboxylic acids is 2. The van der Waals surface area contributed by atoms with Crippen LogP contribution in [0.4, 0.5) is 0 Å². The molecule has 1 aromatic carbocycles. The van der Waals surface area contributed by atoms with Crippen LogP contribution in [0.2, 0.25) is 0 Å². The monoisotopic (exact) mass is 563 g/mol. The number of likely N-dealkylation sites (tertiary alicyclic amines) is 1. The first-order chi connectivity index (χ1) is 18.8. The van der Waals surface area contributed by atoms with Crippen LogP contribution in [-0.4, -0.2) is 45.5 Å². The molecule has 0 bridgehead atoms. The molecule has 1 saturated heterocycles. The molecule has 10 heteroatoms. The minimum atomic E-state index is -0.759. The molecule has 4 rings (SSSR count). The lowest BCUT2D eigenvalue weighted by molar-refractivity contribution is -0.136. The molecule has 1 aliphatic heterocycles. The Bertz CT molecular complexity index is 1490. The number of benzene rings is 1. The van der Waals surface area contributed by atoms with E-state index >= 15 is 0 Å². The Kier molecular flexibility index (Phi) is 8.22. The fraction of sp³-hybridized carbons (Fsp3) is 0.433. The van der Waals surface area contributed by atoms with Gasteiger partial charge in [0.05, 0.1) is 29.8 Å². The molecule has 1 aliphatic carbocycles. The number of rotatable bonds is 7. The average molecular weight is 564 g/mol. The van der Waals surface area contributed by atoms with Crippen molar-refractivity contribution in [3.05, 3.63) is 74.7 Å². The van der Waals surface area contributed by atoms with Crippen molar-refractivity contribution >= 4 is 23.4 Å². The molecule has 1 aromatic heterocycles. The number of nitrogens with zero attached hydrogens (tertiary/aromatic N) is 3. The number of aryl methyl sites for hydroxylation is 2. The Morgan fingerprint density at radius 2 is 2.02 bits per heavy atom. The second kappa shape index (κ2) is 11.3. The van der Waals surface area contributed by atoms with Crippen molar-refractivity contribution in [1.82, 2.24) is 20.4 Å². The smallest absolute Gasteiger partial charge is 0.307 e. The van der Waals surface area contributed by atoms with Crippen molar-refractivity contribution in [2.24, 2.45) is 10.8 Å². The number of nitriles is 1. The molecule has 1 fully saturated rings. The summed E-state index contributed by atoms with van der Waals surface area (Å²) in [5, 5.41) is 19.4. The fourth-order valence-corrected chi connectivity index (χ4v) is 5.94. The summed E-state index contributed by atoms with van der Waals surface area (Å²) in [6.45, 7) is 9.06. The molecule has 0 spiro atoms. The van der Waals surface area contributed by atoms with Gasteiger partial charge in [-0.2, -0.15) is 10.4 Å². The third kappa shape index (κ3) is 5.97. The lowest BCUT2D eigenvalue weighted by atomic mass is 9.75. The van der Waals surface area contributed by atoms with E-state index in [0.29, 0.717) is 34.0 Å². The van der Waals surface area contributed by atoms with E-state index in [1.807, 2.05) is 32.1 Å². The van der Waals surface area contributed by atoms with Gasteiger partial charge in [0.2, 0.25) is 5.91 Å². The number of allylic oxidation sites excluding steroid dienone is 3. The molecule has 2 N–H and O–H groups in total. The molecule has 9 nitrogen and oxygen atoms in total. The maximum absolute atomic E-state index is 13.7. The zero-order valence-corrected chi connectivity index (χ0v) is 24.1. The number of aromatic amines is 1. The SMILES string of the molecule is Cc1cc(Oc2ccc(C(=O)NCC(=O)N3[C@H](C4(C)C=C(Cl)C=CC4)CC[C@@H]3C(C)(C)C#N)cc2C)c(=O)[nH]n1. The number of halogens is 1. The molecular weight excluding hydrogens is 530 g/mol. The van der Waals surface area contributed by atoms with Gasteiger partial charge in [-0.15, -0.1) is 0 Å². The van der Waals surface area contributed by atoms with E-state index in [2.05, 4.69) is 28.5 Å². The van der Waals surface area contributed by atoms with Crippen molar-refractivity contribution in [3.8, 4) is 17.6 Å². The number of nitrogens with one attached hydrogen (secondary N) is 2. The third-order valence-electron chi connectivity index (χ3n) is 7.81. The summed E-state index contributed by atoms with van der Waals surface area (Å²) in [6, 6.07) is 8.27. The van der Waals surface area contributed by atoms with Crippen LogP contribution in [0.3, 0.4) is 0 Å². The van der Waals surface area contributed by atoms with E-state index in [0.717, 1.165) is 12.8 Å². The van der Waals surface area contributed by atoms with Crippen LogP contribution in [-0.2, 0) is 4.79 Å². The van der Waals surface area contributed by atoms with Gasteiger partial charge in [-0.3, -0.25) is 14.4 Å². The highest BCUT2D eigenvalue weighted by Crippen LogP contribution is 2.46. The minimum Gasteiger partial charge on any atom is -0.451 e. The van der Waals surface area contributed by atoms with Crippen molar-refractivity contribution in [2.45, 2.75) is 66.0 Å². The lowest BCUT2D eigenvalue weighted by Crippen LogP contribution is -2.54. The van der Waals surface area contributed by atoms with Crippen molar-refractivity contribution < 1.29 is 14.3 Å². The quantitative estimate of drug-likeness (QED) is 0.493.